The third-order valence-corrected chi connectivity index (χ3v) is 5.49. The zero-order chi connectivity index (χ0) is 15.9. The van der Waals surface area contributed by atoms with Gasteiger partial charge in [0.25, 0.3) is 0 Å². The number of ether oxygens (including phenoxy) is 1. The summed E-state index contributed by atoms with van der Waals surface area (Å²) in [5.74, 6) is 0.370. The van der Waals surface area contributed by atoms with Crippen LogP contribution in [-0.4, -0.2) is 40.1 Å². The van der Waals surface area contributed by atoms with Crippen molar-refractivity contribution >= 4 is 21.8 Å². The summed E-state index contributed by atoms with van der Waals surface area (Å²) >= 11 is 1.62. The van der Waals surface area contributed by atoms with Crippen molar-refractivity contribution in [2.45, 2.75) is 30.5 Å². The molecular weight excluding hydrogens is 308 g/mol. The molecule has 1 rings (SSSR count). The molecule has 1 aromatic carbocycles. The Morgan fingerprint density at radius 1 is 1.38 bits per heavy atom. The summed E-state index contributed by atoms with van der Waals surface area (Å²) < 4.78 is 32.5. The lowest BCUT2D eigenvalue weighted by molar-refractivity contribution is 0.401. The van der Waals surface area contributed by atoms with Gasteiger partial charge in [0.05, 0.1) is 7.11 Å². The molecule has 0 bridgehead atoms. The maximum Gasteiger partial charge on any atom is 0.244 e. The number of sulfonamides is 1. The Morgan fingerprint density at radius 2 is 2.10 bits per heavy atom. The van der Waals surface area contributed by atoms with Gasteiger partial charge in [0.1, 0.15) is 10.6 Å². The van der Waals surface area contributed by atoms with Crippen molar-refractivity contribution < 1.29 is 13.2 Å². The van der Waals surface area contributed by atoms with Crippen molar-refractivity contribution in [2.75, 3.05) is 26.5 Å². The quantitative estimate of drug-likeness (QED) is 0.722. The van der Waals surface area contributed by atoms with E-state index in [1.165, 1.54) is 7.11 Å². The van der Waals surface area contributed by atoms with Gasteiger partial charge in [-0.3, -0.25) is 0 Å². The summed E-state index contributed by atoms with van der Waals surface area (Å²) in [6, 6.07) is 5.16. The van der Waals surface area contributed by atoms with E-state index >= 15 is 0 Å². The third kappa shape index (κ3) is 5.50. The summed E-state index contributed by atoms with van der Waals surface area (Å²) in [5, 5.41) is 3.42. The molecule has 2 N–H and O–H groups in total. The first-order chi connectivity index (χ1) is 9.94. The van der Waals surface area contributed by atoms with Crippen molar-refractivity contribution in [3.8, 4) is 5.75 Å². The van der Waals surface area contributed by atoms with Gasteiger partial charge in [-0.15, -0.1) is 0 Å². The number of hydrogen-bond acceptors (Lipinski definition) is 5. The average molecular weight is 332 g/mol. The van der Waals surface area contributed by atoms with E-state index in [4.69, 9.17) is 4.74 Å². The maximum atomic E-state index is 12.3. The molecule has 0 amide bonds. The first-order valence-corrected chi connectivity index (χ1v) is 9.61. The van der Waals surface area contributed by atoms with Crippen LogP contribution in [0.2, 0.25) is 0 Å². The second-order valence-electron chi connectivity index (χ2n) is 4.66. The molecule has 0 fully saturated rings. The SMILES string of the molecule is CCNCc1ccc(S(=O)(=O)NCC(C)SC)c(OC)c1. The van der Waals surface area contributed by atoms with Crippen LogP contribution in [0.4, 0.5) is 0 Å². The molecule has 5 nitrogen and oxygen atoms in total. The van der Waals surface area contributed by atoms with E-state index in [0.717, 1.165) is 12.1 Å². The number of methoxy groups -OCH3 is 1. The fourth-order valence-corrected chi connectivity index (χ4v) is 3.34. The lowest BCUT2D eigenvalue weighted by atomic mass is 10.2. The van der Waals surface area contributed by atoms with Crippen molar-refractivity contribution in [3.63, 3.8) is 0 Å². The predicted molar refractivity (Wildman–Crippen MR) is 88.5 cm³/mol. The predicted octanol–water partition coefficient (Wildman–Crippen LogP) is 1.83. The molecule has 0 saturated heterocycles. The Kier molecular flexibility index (Phi) is 7.51. The molecule has 1 atom stereocenters. The molecule has 1 unspecified atom stereocenters. The summed E-state index contributed by atoms with van der Waals surface area (Å²) in [4.78, 5) is 0.179. The molecule has 0 radical (unpaired) electrons. The lowest BCUT2D eigenvalue weighted by Gasteiger charge is -2.14. The van der Waals surface area contributed by atoms with Gasteiger partial charge >= 0.3 is 0 Å². The highest BCUT2D eigenvalue weighted by Crippen LogP contribution is 2.25. The molecule has 0 spiro atoms. The van der Waals surface area contributed by atoms with Gasteiger partial charge in [-0.05, 0) is 30.5 Å². The van der Waals surface area contributed by atoms with Crippen molar-refractivity contribution in [1.29, 1.82) is 0 Å². The number of nitrogens with one attached hydrogen (secondary N) is 2. The molecule has 0 aliphatic carbocycles. The van der Waals surface area contributed by atoms with E-state index in [1.54, 1.807) is 30.0 Å². The first-order valence-electron chi connectivity index (χ1n) is 6.84. The zero-order valence-corrected chi connectivity index (χ0v) is 14.6. The van der Waals surface area contributed by atoms with E-state index in [0.29, 0.717) is 18.8 Å². The van der Waals surface area contributed by atoms with Crippen molar-refractivity contribution in [1.82, 2.24) is 10.0 Å². The van der Waals surface area contributed by atoms with Crippen LogP contribution in [0.5, 0.6) is 5.75 Å². The Balaban J connectivity index is 2.95. The van der Waals surface area contributed by atoms with Gasteiger partial charge in [0.15, 0.2) is 0 Å². The number of hydrogen-bond donors (Lipinski definition) is 2. The average Bonchev–Trinajstić information content (AvgIpc) is 2.50. The van der Waals surface area contributed by atoms with Crippen LogP contribution < -0.4 is 14.8 Å². The van der Waals surface area contributed by atoms with Crippen LogP contribution in [0.1, 0.15) is 19.4 Å². The van der Waals surface area contributed by atoms with Gasteiger partial charge in [0, 0.05) is 18.3 Å². The largest absolute Gasteiger partial charge is 0.495 e. The molecule has 7 heteroatoms. The monoisotopic (exact) mass is 332 g/mol. The summed E-state index contributed by atoms with van der Waals surface area (Å²) in [5.41, 5.74) is 0.991. The Labute approximate surface area is 131 Å². The van der Waals surface area contributed by atoms with Crippen LogP contribution >= 0.6 is 11.8 Å². The highest BCUT2D eigenvalue weighted by Gasteiger charge is 2.20. The van der Waals surface area contributed by atoms with Crippen LogP contribution in [-0.2, 0) is 16.6 Å². The molecule has 0 aliphatic rings. The Hall–Kier alpha value is -0.760. The number of rotatable bonds is 9. The van der Waals surface area contributed by atoms with Crippen molar-refractivity contribution in [3.05, 3.63) is 23.8 Å². The van der Waals surface area contributed by atoms with E-state index in [-0.39, 0.29) is 10.1 Å². The normalized spacial score (nSPS) is 13.1. The highest BCUT2D eigenvalue weighted by molar-refractivity contribution is 7.99. The standard InChI is InChI=1S/C14H24N2O3S2/c1-5-15-10-12-6-7-14(13(8-12)19-3)21(17,18)16-9-11(2)20-4/h6-8,11,15-16H,5,9-10H2,1-4H3. The second kappa shape index (κ2) is 8.63. The Morgan fingerprint density at radius 3 is 2.67 bits per heavy atom. The third-order valence-electron chi connectivity index (χ3n) is 3.06. The second-order valence-corrected chi connectivity index (χ2v) is 7.68. The fraction of sp³-hybridized carbons (Fsp3) is 0.571. The summed E-state index contributed by atoms with van der Waals surface area (Å²) in [6.45, 7) is 5.93. The lowest BCUT2D eigenvalue weighted by Crippen LogP contribution is -2.29. The van der Waals surface area contributed by atoms with Gasteiger partial charge in [-0.25, -0.2) is 13.1 Å². The highest BCUT2D eigenvalue weighted by atomic mass is 32.2. The van der Waals surface area contributed by atoms with Crippen LogP contribution in [0.15, 0.2) is 23.1 Å². The number of benzene rings is 1. The van der Waals surface area contributed by atoms with Crippen LogP contribution in [0.25, 0.3) is 0 Å². The minimum atomic E-state index is -3.55. The summed E-state index contributed by atoms with van der Waals surface area (Å²) in [7, 11) is -2.07. The van der Waals surface area contributed by atoms with Crippen LogP contribution in [0, 0.1) is 0 Å². The minimum absolute atomic E-state index is 0.179. The smallest absolute Gasteiger partial charge is 0.244 e. The molecule has 1 aromatic rings. The van der Waals surface area contributed by atoms with Gasteiger partial charge in [-0.1, -0.05) is 19.9 Å². The first kappa shape index (κ1) is 18.3. The molecular formula is C14H24N2O3S2. The topological polar surface area (TPSA) is 67.4 Å². The molecule has 120 valence electrons. The fourth-order valence-electron chi connectivity index (χ4n) is 1.70. The number of thioether (sulfide) groups is 1. The molecule has 0 aromatic heterocycles. The van der Waals surface area contributed by atoms with Crippen molar-refractivity contribution in [2.24, 2.45) is 0 Å². The van der Waals surface area contributed by atoms with Gasteiger partial charge in [0.2, 0.25) is 10.0 Å². The molecule has 0 heterocycles. The van der Waals surface area contributed by atoms with E-state index in [2.05, 4.69) is 10.0 Å². The summed E-state index contributed by atoms with van der Waals surface area (Å²) in [6.07, 6.45) is 1.95. The van der Waals surface area contributed by atoms with E-state index in [1.807, 2.05) is 20.1 Å². The zero-order valence-electron chi connectivity index (χ0n) is 13.0. The molecule has 21 heavy (non-hydrogen) atoms. The minimum Gasteiger partial charge on any atom is -0.495 e. The maximum absolute atomic E-state index is 12.3. The van der Waals surface area contributed by atoms with E-state index < -0.39 is 10.0 Å². The van der Waals surface area contributed by atoms with Gasteiger partial charge in [-0.2, -0.15) is 11.8 Å². The van der Waals surface area contributed by atoms with Crippen LogP contribution in [0.3, 0.4) is 0 Å². The van der Waals surface area contributed by atoms with E-state index in [9.17, 15) is 8.42 Å². The Bertz CT molecular complexity index is 547. The van der Waals surface area contributed by atoms with Gasteiger partial charge < -0.3 is 10.1 Å². The molecule has 0 saturated carbocycles. The molecule has 0 aliphatic heterocycles.